The summed E-state index contributed by atoms with van der Waals surface area (Å²) in [6.07, 6.45) is 3.04. The molecule has 126 valence electrons. The van der Waals surface area contributed by atoms with Crippen molar-refractivity contribution in [1.82, 2.24) is 15.1 Å². The van der Waals surface area contributed by atoms with E-state index in [0.717, 1.165) is 5.56 Å². The number of carboxylic acid groups (broad SMARTS) is 1. The van der Waals surface area contributed by atoms with Crippen molar-refractivity contribution in [1.29, 1.82) is 0 Å². The average molecular weight is 335 g/mol. The fourth-order valence-electron chi connectivity index (χ4n) is 2.49. The third-order valence-electron chi connectivity index (χ3n) is 3.74. The summed E-state index contributed by atoms with van der Waals surface area (Å²) in [5, 5.41) is 16.1. The van der Waals surface area contributed by atoms with Gasteiger partial charge < -0.3 is 10.4 Å². The number of hydrogen-bond donors (Lipinski definition) is 2. The highest BCUT2D eigenvalue weighted by molar-refractivity contribution is 5.96. The number of nitrogens with zero attached hydrogens (tertiary/aromatic N) is 2. The third-order valence-corrected chi connectivity index (χ3v) is 3.74. The summed E-state index contributed by atoms with van der Waals surface area (Å²) in [5.74, 6) is -1.59. The molecule has 6 nitrogen and oxygen atoms in total. The molecule has 6 heteroatoms. The SMILES string of the molecule is O=C(N[C@@H](C(=O)O)c1ccccc1)c1cnn(Cc2ccccc2)c1. The van der Waals surface area contributed by atoms with Gasteiger partial charge in [0, 0.05) is 6.20 Å². The molecule has 1 aromatic heterocycles. The normalized spacial score (nSPS) is 11.7. The molecule has 0 aliphatic rings. The van der Waals surface area contributed by atoms with Gasteiger partial charge in [0.1, 0.15) is 0 Å². The van der Waals surface area contributed by atoms with Crippen LogP contribution in [0, 0.1) is 0 Å². The number of aromatic nitrogens is 2. The van der Waals surface area contributed by atoms with Gasteiger partial charge in [-0.25, -0.2) is 4.79 Å². The Kier molecular flexibility index (Phi) is 4.89. The first-order valence-corrected chi connectivity index (χ1v) is 7.78. The van der Waals surface area contributed by atoms with E-state index in [1.54, 1.807) is 41.2 Å². The van der Waals surface area contributed by atoms with Gasteiger partial charge in [-0.2, -0.15) is 5.10 Å². The summed E-state index contributed by atoms with van der Waals surface area (Å²) < 4.78 is 1.64. The highest BCUT2D eigenvalue weighted by Gasteiger charge is 2.23. The highest BCUT2D eigenvalue weighted by Crippen LogP contribution is 2.14. The number of carbonyl (C=O) groups is 2. The van der Waals surface area contributed by atoms with Crippen LogP contribution in [0.15, 0.2) is 73.1 Å². The van der Waals surface area contributed by atoms with Crippen molar-refractivity contribution in [2.75, 3.05) is 0 Å². The van der Waals surface area contributed by atoms with Gasteiger partial charge >= 0.3 is 5.97 Å². The molecule has 0 spiro atoms. The maximum Gasteiger partial charge on any atom is 0.330 e. The van der Waals surface area contributed by atoms with Crippen molar-refractivity contribution in [2.45, 2.75) is 12.6 Å². The largest absolute Gasteiger partial charge is 0.479 e. The topological polar surface area (TPSA) is 84.2 Å². The zero-order valence-corrected chi connectivity index (χ0v) is 13.4. The Labute approximate surface area is 144 Å². The Hall–Kier alpha value is -3.41. The lowest BCUT2D eigenvalue weighted by Crippen LogP contribution is -2.33. The van der Waals surface area contributed by atoms with Crippen LogP contribution in [0.4, 0.5) is 0 Å². The number of carboxylic acids is 1. The molecule has 2 N–H and O–H groups in total. The molecule has 0 saturated carbocycles. The maximum absolute atomic E-state index is 12.4. The lowest BCUT2D eigenvalue weighted by Gasteiger charge is -2.14. The van der Waals surface area contributed by atoms with Crippen molar-refractivity contribution in [3.63, 3.8) is 0 Å². The number of rotatable bonds is 6. The van der Waals surface area contributed by atoms with Crippen LogP contribution in [0.2, 0.25) is 0 Å². The molecule has 1 atom stereocenters. The Morgan fingerprint density at radius 3 is 2.32 bits per heavy atom. The lowest BCUT2D eigenvalue weighted by molar-refractivity contribution is -0.139. The molecular formula is C19H17N3O3. The van der Waals surface area contributed by atoms with Gasteiger partial charge in [0.05, 0.1) is 18.3 Å². The van der Waals surface area contributed by atoms with Crippen molar-refractivity contribution in [2.24, 2.45) is 0 Å². The monoisotopic (exact) mass is 335 g/mol. The van der Waals surface area contributed by atoms with Crippen molar-refractivity contribution in [3.8, 4) is 0 Å². The van der Waals surface area contributed by atoms with Gasteiger partial charge in [-0.05, 0) is 11.1 Å². The van der Waals surface area contributed by atoms with Crippen LogP contribution in [0.1, 0.15) is 27.5 Å². The van der Waals surface area contributed by atoms with E-state index in [1.807, 2.05) is 30.3 Å². The smallest absolute Gasteiger partial charge is 0.330 e. The lowest BCUT2D eigenvalue weighted by atomic mass is 10.1. The number of nitrogens with one attached hydrogen (secondary N) is 1. The second kappa shape index (κ2) is 7.44. The van der Waals surface area contributed by atoms with Gasteiger partial charge in [0.15, 0.2) is 6.04 Å². The van der Waals surface area contributed by atoms with Crippen molar-refractivity contribution in [3.05, 3.63) is 89.7 Å². The molecule has 2 aromatic carbocycles. The average Bonchev–Trinajstić information content (AvgIpc) is 3.09. The highest BCUT2D eigenvalue weighted by atomic mass is 16.4. The van der Waals surface area contributed by atoms with Crippen LogP contribution < -0.4 is 5.32 Å². The molecular weight excluding hydrogens is 318 g/mol. The zero-order valence-electron chi connectivity index (χ0n) is 13.4. The van der Waals surface area contributed by atoms with Gasteiger partial charge in [-0.3, -0.25) is 9.48 Å². The Morgan fingerprint density at radius 2 is 1.68 bits per heavy atom. The first-order chi connectivity index (χ1) is 12.1. The van der Waals surface area contributed by atoms with E-state index in [2.05, 4.69) is 10.4 Å². The van der Waals surface area contributed by atoms with Crippen molar-refractivity contribution >= 4 is 11.9 Å². The molecule has 1 heterocycles. The minimum absolute atomic E-state index is 0.318. The zero-order chi connectivity index (χ0) is 17.6. The summed E-state index contributed by atoms with van der Waals surface area (Å²) in [5.41, 5.74) is 1.89. The summed E-state index contributed by atoms with van der Waals surface area (Å²) >= 11 is 0. The number of hydrogen-bond acceptors (Lipinski definition) is 3. The molecule has 0 bridgehead atoms. The van der Waals surface area contributed by atoms with Crippen LogP contribution in [0.25, 0.3) is 0 Å². The van der Waals surface area contributed by atoms with Crippen LogP contribution >= 0.6 is 0 Å². The van der Waals surface area contributed by atoms with E-state index in [1.165, 1.54) is 6.20 Å². The number of carbonyl (C=O) groups excluding carboxylic acids is 1. The van der Waals surface area contributed by atoms with Gasteiger partial charge in [-0.1, -0.05) is 60.7 Å². The van der Waals surface area contributed by atoms with Crippen molar-refractivity contribution < 1.29 is 14.7 Å². The fraction of sp³-hybridized carbons (Fsp3) is 0.105. The van der Waals surface area contributed by atoms with Gasteiger partial charge in [-0.15, -0.1) is 0 Å². The van der Waals surface area contributed by atoms with Crippen LogP contribution in [-0.4, -0.2) is 26.8 Å². The minimum Gasteiger partial charge on any atom is -0.479 e. The van der Waals surface area contributed by atoms with E-state index >= 15 is 0 Å². The standard InChI is InChI=1S/C19H17N3O3/c23-18(21-17(19(24)25)15-9-5-2-6-10-15)16-11-20-22(13-16)12-14-7-3-1-4-8-14/h1-11,13,17H,12H2,(H,21,23)(H,24,25)/t17-/m1/s1. The first-order valence-electron chi connectivity index (χ1n) is 7.78. The Balaban J connectivity index is 1.71. The predicted octanol–water partition coefficient (Wildman–Crippen LogP) is 2.49. The summed E-state index contributed by atoms with van der Waals surface area (Å²) in [7, 11) is 0. The number of benzene rings is 2. The third kappa shape index (κ3) is 4.11. The Bertz CT molecular complexity index is 860. The number of aliphatic carboxylic acids is 1. The number of amides is 1. The van der Waals surface area contributed by atoms with E-state index in [9.17, 15) is 14.7 Å². The molecule has 0 aliphatic heterocycles. The molecule has 0 radical (unpaired) electrons. The van der Waals surface area contributed by atoms with Gasteiger partial charge in [0.2, 0.25) is 0 Å². The van der Waals surface area contributed by atoms with E-state index < -0.39 is 17.9 Å². The van der Waals surface area contributed by atoms with Crippen LogP contribution in [-0.2, 0) is 11.3 Å². The van der Waals surface area contributed by atoms with Crippen LogP contribution in [0.5, 0.6) is 0 Å². The molecule has 0 fully saturated rings. The molecule has 3 aromatic rings. The molecule has 0 saturated heterocycles. The van der Waals surface area contributed by atoms with Crippen LogP contribution in [0.3, 0.4) is 0 Å². The maximum atomic E-state index is 12.4. The summed E-state index contributed by atoms with van der Waals surface area (Å²) in [6.45, 7) is 0.537. The summed E-state index contributed by atoms with van der Waals surface area (Å²) in [4.78, 5) is 23.8. The molecule has 1 amide bonds. The second-order valence-corrected chi connectivity index (χ2v) is 5.57. The quantitative estimate of drug-likeness (QED) is 0.725. The van der Waals surface area contributed by atoms with E-state index in [0.29, 0.717) is 17.7 Å². The predicted molar refractivity (Wildman–Crippen MR) is 92.1 cm³/mol. The van der Waals surface area contributed by atoms with E-state index in [-0.39, 0.29) is 0 Å². The summed E-state index contributed by atoms with van der Waals surface area (Å²) in [6, 6.07) is 17.2. The second-order valence-electron chi connectivity index (χ2n) is 5.57. The first kappa shape index (κ1) is 16.4. The molecule has 0 aliphatic carbocycles. The van der Waals surface area contributed by atoms with Gasteiger partial charge in [0.25, 0.3) is 5.91 Å². The van der Waals surface area contributed by atoms with E-state index in [4.69, 9.17) is 0 Å². The molecule has 0 unspecified atom stereocenters. The molecule has 3 rings (SSSR count). The minimum atomic E-state index is -1.11. The fourth-order valence-corrected chi connectivity index (χ4v) is 2.49. The Morgan fingerprint density at radius 1 is 1.04 bits per heavy atom. The molecule has 25 heavy (non-hydrogen) atoms.